The Labute approximate surface area is 184 Å². The van der Waals surface area contributed by atoms with Crippen molar-refractivity contribution in [2.45, 2.75) is 33.2 Å². The van der Waals surface area contributed by atoms with Gasteiger partial charge in [-0.2, -0.15) is 42.8 Å². The number of amides is 1. The molecule has 0 spiro atoms. The molecule has 0 heterocycles. The Hall–Kier alpha value is -1.45. The first-order valence-corrected chi connectivity index (χ1v) is 7.91. The van der Waals surface area contributed by atoms with Crippen LogP contribution in [-0.2, 0) is 43.9 Å². The topological polar surface area (TPSA) is 66.4 Å². The molecule has 0 aromatic heterocycles. The minimum atomic E-state index is -1.05. The molecule has 0 aliphatic carbocycles. The van der Waals surface area contributed by atoms with Crippen molar-refractivity contribution in [3.8, 4) is 0 Å². The fraction of sp³-hybridized carbons (Fsp3) is 0.250. The molecular weight excluding hydrogens is 402 g/mol. The number of hydrogen-bond donors (Lipinski definition) is 2. The summed E-state index contributed by atoms with van der Waals surface area (Å²) in [5, 5.41) is 11.7. The fourth-order valence-electron chi connectivity index (χ4n) is 1.82. The summed E-state index contributed by atoms with van der Waals surface area (Å²) >= 11 is 0. The first-order chi connectivity index (χ1) is 11.7. The average molecular weight is 427 g/mol. The van der Waals surface area contributed by atoms with E-state index in [0.717, 1.165) is 5.56 Å². The van der Waals surface area contributed by atoms with Gasteiger partial charge in [0, 0.05) is 46.7 Å². The smallest absolute Gasteiger partial charge is 0.326 e. The zero-order chi connectivity index (χ0) is 18.4. The van der Waals surface area contributed by atoms with Crippen LogP contribution in [0.4, 0.5) is 0 Å². The molecule has 0 saturated heterocycles. The van der Waals surface area contributed by atoms with Gasteiger partial charge in [-0.1, -0.05) is 32.0 Å². The SMILES string of the molecule is CC.O=C(N[C@H](Cc1cc[c-]cc1)C(=O)O)c1ccccc1.[B].[CH2-]C.[Y]. The van der Waals surface area contributed by atoms with Gasteiger partial charge in [0.05, 0.1) is 0 Å². The number of carbonyl (C=O) groups is 2. The summed E-state index contributed by atoms with van der Waals surface area (Å²) in [5.41, 5.74) is 1.28. The van der Waals surface area contributed by atoms with Gasteiger partial charge in [0.2, 0.25) is 0 Å². The van der Waals surface area contributed by atoms with Gasteiger partial charge >= 0.3 is 5.97 Å². The standard InChI is InChI=1S/C16H14NO3.C2H6.C2H5.B.Y/c18-15(13-9-5-2-6-10-13)17-14(16(19)20)11-12-7-3-1-4-8-12;2*1-2;;/h2-10,14H,11H2,(H,17,18)(H,19,20);1-2H3;1H2,2H3;;/q-1;;-1;;/t14-;;;;/m1..../s1. The van der Waals surface area contributed by atoms with E-state index in [-0.39, 0.29) is 53.5 Å². The Kier molecular flexibility index (Phi) is 20.7. The maximum atomic E-state index is 12.0. The molecule has 2 rings (SSSR count). The van der Waals surface area contributed by atoms with Gasteiger partial charge in [-0.3, -0.25) is 4.79 Å². The molecule has 6 heteroatoms. The van der Waals surface area contributed by atoms with Crippen molar-refractivity contribution in [3.63, 3.8) is 0 Å². The third kappa shape index (κ3) is 11.2. The van der Waals surface area contributed by atoms with Crippen LogP contribution in [0.5, 0.6) is 0 Å². The molecule has 0 bridgehead atoms. The molecule has 136 valence electrons. The zero-order valence-electron chi connectivity index (χ0n) is 15.6. The van der Waals surface area contributed by atoms with Crippen molar-refractivity contribution in [2.75, 3.05) is 0 Å². The summed E-state index contributed by atoms with van der Waals surface area (Å²) in [6.07, 6.45) is 0.239. The van der Waals surface area contributed by atoms with Gasteiger partial charge in [-0.25, -0.2) is 4.79 Å². The van der Waals surface area contributed by atoms with Crippen LogP contribution in [0.25, 0.3) is 0 Å². The van der Waals surface area contributed by atoms with Gasteiger partial charge in [0.1, 0.15) is 6.04 Å². The Morgan fingerprint density at radius 1 is 1.08 bits per heavy atom. The third-order valence-corrected chi connectivity index (χ3v) is 2.87. The number of nitrogens with one attached hydrogen (secondary N) is 1. The van der Waals surface area contributed by atoms with E-state index in [4.69, 9.17) is 0 Å². The summed E-state index contributed by atoms with van der Waals surface area (Å²) in [7, 11) is 0. The molecule has 2 aromatic carbocycles. The van der Waals surface area contributed by atoms with Crippen LogP contribution in [0, 0.1) is 13.0 Å². The fourth-order valence-corrected chi connectivity index (χ4v) is 1.82. The Morgan fingerprint density at radius 3 is 2.04 bits per heavy atom. The first kappa shape index (κ1) is 29.3. The van der Waals surface area contributed by atoms with Crippen molar-refractivity contribution < 1.29 is 47.4 Å². The predicted molar refractivity (Wildman–Crippen MR) is 102 cm³/mol. The van der Waals surface area contributed by atoms with Crippen LogP contribution in [0.2, 0.25) is 0 Å². The number of rotatable bonds is 5. The molecule has 0 saturated carbocycles. The second kappa shape index (κ2) is 18.3. The molecule has 26 heavy (non-hydrogen) atoms. The van der Waals surface area contributed by atoms with E-state index in [1.54, 1.807) is 61.5 Å². The van der Waals surface area contributed by atoms with E-state index in [9.17, 15) is 14.7 Å². The number of aliphatic carboxylic acids is 1. The average Bonchev–Trinajstić information content (AvgIpc) is 2.66. The summed E-state index contributed by atoms with van der Waals surface area (Å²) < 4.78 is 0. The van der Waals surface area contributed by atoms with Crippen molar-refractivity contribution in [1.82, 2.24) is 5.32 Å². The maximum Gasteiger partial charge on any atom is 0.326 e. The summed E-state index contributed by atoms with van der Waals surface area (Å²) in [6.45, 7) is 9.00. The van der Waals surface area contributed by atoms with E-state index in [2.05, 4.69) is 18.3 Å². The third-order valence-electron chi connectivity index (χ3n) is 2.87. The van der Waals surface area contributed by atoms with E-state index in [0.29, 0.717) is 5.56 Å². The van der Waals surface area contributed by atoms with Crippen LogP contribution in [0.15, 0.2) is 54.6 Å². The van der Waals surface area contributed by atoms with Crippen molar-refractivity contribution in [1.29, 1.82) is 0 Å². The van der Waals surface area contributed by atoms with Crippen molar-refractivity contribution in [3.05, 3.63) is 78.7 Å². The van der Waals surface area contributed by atoms with E-state index < -0.39 is 12.0 Å². The minimum Gasteiger partial charge on any atom is -0.480 e. The molecule has 0 aliphatic heterocycles. The van der Waals surface area contributed by atoms with Gasteiger partial charge in [0.15, 0.2) is 0 Å². The molecule has 1 amide bonds. The molecule has 0 fully saturated rings. The zero-order valence-corrected chi connectivity index (χ0v) is 18.4. The van der Waals surface area contributed by atoms with Crippen LogP contribution in [-0.4, -0.2) is 31.4 Å². The largest absolute Gasteiger partial charge is 0.480 e. The van der Waals surface area contributed by atoms with Crippen LogP contribution >= 0.6 is 0 Å². The van der Waals surface area contributed by atoms with Crippen molar-refractivity contribution >= 4 is 20.3 Å². The van der Waals surface area contributed by atoms with E-state index in [1.807, 2.05) is 13.8 Å². The molecule has 4 nitrogen and oxygen atoms in total. The first-order valence-electron chi connectivity index (χ1n) is 7.91. The second-order valence-corrected chi connectivity index (χ2v) is 4.34. The monoisotopic (exact) mass is 427 g/mol. The summed E-state index contributed by atoms with van der Waals surface area (Å²) in [5.74, 6) is -1.44. The van der Waals surface area contributed by atoms with E-state index >= 15 is 0 Å². The van der Waals surface area contributed by atoms with Gasteiger partial charge in [0.25, 0.3) is 5.91 Å². The van der Waals surface area contributed by atoms with Crippen LogP contribution in [0.3, 0.4) is 0 Å². The second-order valence-electron chi connectivity index (χ2n) is 4.34. The number of carboxylic acid groups (broad SMARTS) is 1. The molecule has 0 unspecified atom stereocenters. The maximum absolute atomic E-state index is 12.0. The van der Waals surface area contributed by atoms with Gasteiger partial charge in [-0.05, 0) is 18.6 Å². The molecule has 2 N–H and O–H groups in total. The molecule has 0 aliphatic rings. The summed E-state index contributed by atoms with van der Waals surface area (Å²) in [4.78, 5) is 23.2. The Bertz CT molecular complexity index is 595. The number of carbonyl (C=O) groups excluding carboxylic acids is 1. The number of hydrogen-bond acceptors (Lipinski definition) is 2. The van der Waals surface area contributed by atoms with Crippen LogP contribution in [0.1, 0.15) is 36.7 Å². The molecule has 4 radical (unpaired) electrons. The number of benzene rings is 2. The Morgan fingerprint density at radius 2 is 1.58 bits per heavy atom. The quantitative estimate of drug-likeness (QED) is 0.568. The van der Waals surface area contributed by atoms with Crippen molar-refractivity contribution in [2.24, 2.45) is 0 Å². The normalized spacial score (nSPS) is 9.38. The Balaban J connectivity index is -0.000000824. The number of carboxylic acids is 1. The van der Waals surface area contributed by atoms with Crippen LogP contribution < -0.4 is 5.32 Å². The molecule has 1 atom stereocenters. The minimum absolute atomic E-state index is 0. The molecular formula is C20H25BNO3Y-2. The summed E-state index contributed by atoms with van der Waals surface area (Å²) in [6, 6.07) is 17.5. The molecule has 2 aromatic rings. The predicted octanol–water partition coefficient (Wildman–Crippen LogP) is 3.40. The van der Waals surface area contributed by atoms with E-state index in [1.165, 1.54) is 0 Å². The van der Waals surface area contributed by atoms with Gasteiger partial charge in [-0.15, -0.1) is 0 Å². The van der Waals surface area contributed by atoms with Gasteiger partial charge < -0.3 is 17.3 Å².